The zero-order chi connectivity index (χ0) is 19.0. The number of sulfonamides is 1. The Labute approximate surface area is 156 Å². The number of rotatable bonds is 5. The number of nitrogens with zero attached hydrogens (tertiary/aromatic N) is 3. The van der Waals surface area contributed by atoms with Gasteiger partial charge in [0.15, 0.2) is 17.6 Å². The van der Waals surface area contributed by atoms with Gasteiger partial charge in [-0.05, 0) is 26.0 Å². The van der Waals surface area contributed by atoms with Crippen LogP contribution in [0.5, 0.6) is 11.5 Å². The molecule has 27 heavy (non-hydrogen) atoms. The Hall–Kier alpha value is -3.01. The largest absolute Gasteiger partial charge is 0.486 e. The lowest BCUT2D eigenvalue weighted by atomic mass is 10.2. The molecular weight excluding hydrogens is 370 g/mol. The molecule has 0 bridgehead atoms. The minimum atomic E-state index is -3.74. The van der Waals surface area contributed by atoms with Crippen LogP contribution in [0, 0.1) is 13.8 Å². The number of hydrogen-bond acceptors (Lipinski definition) is 6. The second kappa shape index (κ2) is 6.62. The van der Waals surface area contributed by atoms with E-state index in [1.165, 1.54) is 6.20 Å². The lowest BCUT2D eigenvalue weighted by Gasteiger charge is -2.26. The zero-order valence-corrected chi connectivity index (χ0v) is 15.7. The summed E-state index contributed by atoms with van der Waals surface area (Å²) in [6.07, 6.45) is 2.86. The fourth-order valence-electron chi connectivity index (χ4n) is 3.02. The van der Waals surface area contributed by atoms with E-state index in [9.17, 15) is 8.42 Å². The number of aryl methyl sites for hydroxylation is 2. The number of aromatic amines is 1. The first-order valence-electron chi connectivity index (χ1n) is 8.38. The molecule has 2 N–H and O–H groups in total. The van der Waals surface area contributed by atoms with E-state index in [4.69, 9.17) is 9.47 Å². The summed E-state index contributed by atoms with van der Waals surface area (Å²) >= 11 is 0. The van der Waals surface area contributed by atoms with E-state index < -0.39 is 10.0 Å². The van der Waals surface area contributed by atoms with Crippen molar-refractivity contribution in [3.05, 3.63) is 48.0 Å². The third-order valence-corrected chi connectivity index (χ3v) is 5.82. The van der Waals surface area contributed by atoms with Gasteiger partial charge in [-0.3, -0.25) is 14.5 Å². The van der Waals surface area contributed by atoms with Gasteiger partial charge in [-0.1, -0.05) is 12.1 Å². The van der Waals surface area contributed by atoms with E-state index in [1.807, 2.05) is 24.3 Å². The number of anilines is 1. The molecule has 1 atom stereocenters. The summed E-state index contributed by atoms with van der Waals surface area (Å²) in [6, 6.07) is 7.47. The first-order chi connectivity index (χ1) is 12.9. The summed E-state index contributed by atoms with van der Waals surface area (Å²) < 4.78 is 40.9. The Morgan fingerprint density at radius 1 is 1.30 bits per heavy atom. The van der Waals surface area contributed by atoms with Crippen LogP contribution in [-0.2, 0) is 16.6 Å². The first kappa shape index (κ1) is 17.4. The number of nitrogens with one attached hydrogen (secondary N) is 2. The second-order valence-electron chi connectivity index (χ2n) is 6.32. The lowest BCUT2D eigenvalue weighted by Crippen LogP contribution is -2.33. The summed E-state index contributed by atoms with van der Waals surface area (Å²) in [4.78, 5) is 0.149. The van der Waals surface area contributed by atoms with Crippen LogP contribution in [0.4, 0.5) is 5.69 Å². The van der Waals surface area contributed by atoms with Crippen LogP contribution in [0.2, 0.25) is 0 Å². The maximum atomic E-state index is 12.6. The average Bonchev–Trinajstić information content (AvgIpc) is 3.20. The Bertz CT molecular complexity index is 1050. The third kappa shape index (κ3) is 3.47. The van der Waals surface area contributed by atoms with E-state index in [0.29, 0.717) is 41.7 Å². The van der Waals surface area contributed by atoms with Crippen molar-refractivity contribution >= 4 is 15.7 Å². The average molecular weight is 389 g/mol. The molecule has 0 saturated heterocycles. The molecule has 142 valence electrons. The maximum absolute atomic E-state index is 12.6. The topological polar surface area (TPSA) is 111 Å². The Balaban J connectivity index is 1.45. The molecule has 1 aromatic carbocycles. The van der Waals surface area contributed by atoms with E-state index >= 15 is 0 Å². The molecule has 10 heteroatoms. The third-order valence-electron chi connectivity index (χ3n) is 4.17. The lowest BCUT2D eigenvalue weighted by molar-refractivity contribution is 0.0759. The Morgan fingerprint density at radius 3 is 2.81 bits per heavy atom. The van der Waals surface area contributed by atoms with Crippen LogP contribution < -0.4 is 14.2 Å². The van der Waals surface area contributed by atoms with Crippen LogP contribution in [0.1, 0.15) is 11.4 Å². The van der Waals surface area contributed by atoms with Gasteiger partial charge < -0.3 is 9.47 Å². The molecule has 0 radical (unpaired) electrons. The van der Waals surface area contributed by atoms with Gasteiger partial charge in [-0.25, -0.2) is 8.42 Å². The van der Waals surface area contributed by atoms with Gasteiger partial charge in [-0.15, -0.1) is 0 Å². The number of para-hydroxylation sites is 2. The summed E-state index contributed by atoms with van der Waals surface area (Å²) in [5.74, 6) is 1.40. The smallest absolute Gasteiger partial charge is 0.265 e. The maximum Gasteiger partial charge on any atom is 0.265 e. The van der Waals surface area contributed by atoms with Gasteiger partial charge in [0.25, 0.3) is 10.0 Å². The first-order valence-corrected chi connectivity index (χ1v) is 9.86. The minimum absolute atomic E-state index is 0.149. The number of fused-ring (bicyclic) bond motifs is 1. The van der Waals surface area contributed by atoms with Gasteiger partial charge in [-0.2, -0.15) is 10.2 Å². The van der Waals surface area contributed by atoms with Gasteiger partial charge in [0.1, 0.15) is 11.5 Å². The van der Waals surface area contributed by atoms with Gasteiger partial charge in [0, 0.05) is 6.20 Å². The predicted molar refractivity (Wildman–Crippen MR) is 97.5 cm³/mol. The Kier molecular flexibility index (Phi) is 4.27. The van der Waals surface area contributed by atoms with Crippen LogP contribution in [0.25, 0.3) is 0 Å². The number of H-pyrrole nitrogens is 1. The number of ether oxygens (including phenoxy) is 2. The summed E-state index contributed by atoms with van der Waals surface area (Å²) in [7, 11) is -3.74. The molecule has 1 unspecified atom stereocenters. The van der Waals surface area contributed by atoms with E-state index in [-0.39, 0.29) is 11.0 Å². The Morgan fingerprint density at radius 2 is 2.07 bits per heavy atom. The molecule has 0 saturated carbocycles. The second-order valence-corrected chi connectivity index (χ2v) is 7.94. The number of hydrogen-bond donors (Lipinski definition) is 2. The highest BCUT2D eigenvalue weighted by Gasteiger charge is 2.24. The predicted octanol–water partition coefficient (Wildman–Crippen LogP) is 1.86. The standard InChI is InChI=1S/C17H19N5O4S/c1-11-17(12(2)20-19-11)27(23,24)21-13-7-18-22(8-13)9-14-10-25-15-5-3-4-6-16(15)26-14/h3-8,14,21H,9-10H2,1-2H3,(H,19,20). The molecule has 2 aromatic heterocycles. The molecule has 0 fully saturated rings. The zero-order valence-electron chi connectivity index (χ0n) is 14.8. The van der Waals surface area contributed by atoms with Crippen molar-refractivity contribution in [3.8, 4) is 11.5 Å². The van der Waals surface area contributed by atoms with Crippen molar-refractivity contribution in [2.75, 3.05) is 11.3 Å². The molecular formula is C17H19N5O4S. The number of benzene rings is 1. The molecule has 9 nitrogen and oxygen atoms in total. The van der Waals surface area contributed by atoms with Crippen LogP contribution in [0.15, 0.2) is 41.6 Å². The molecule has 0 amide bonds. The monoisotopic (exact) mass is 389 g/mol. The summed E-state index contributed by atoms with van der Waals surface area (Å²) in [5, 5.41) is 10.8. The molecule has 0 spiro atoms. The molecule has 3 aromatic rings. The van der Waals surface area contributed by atoms with Gasteiger partial charge >= 0.3 is 0 Å². The molecule has 0 aliphatic carbocycles. The van der Waals surface area contributed by atoms with Crippen molar-refractivity contribution in [1.82, 2.24) is 20.0 Å². The quantitative estimate of drug-likeness (QED) is 0.689. The van der Waals surface area contributed by atoms with Gasteiger partial charge in [0.2, 0.25) is 0 Å². The van der Waals surface area contributed by atoms with Crippen molar-refractivity contribution in [2.24, 2.45) is 0 Å². The molecule has 1 aliphatic rings. The summed E-state index contributed by atoms with van der Waals surface area (Å²) in [5.41, 5.74) is 1.27. The SMILES string of the molecule is Cc1n[nH]c(C)c1S(=O)(=O)Nc1cnn(CC2COc3ccccc3O2)c1. The molecule has 4 rings (SSSR count). The van der Waals surface area contributed by atoms with E-state index in [1.54, 1.807) is 24.7 Å². The highest BCUT2D eigenvalue weighted by Crippen LogP contribution is 2.31. The van der Waals surface area contributed by atoms with E-state index in [2.05, 4.69) is 20.0 Å². The van der Waals surface area contributed by atoms with Crippen LogP contribution in [-0.4, -0.2) is 41.1 Å². The fourth-order valence-corrected chi connectivity index (χ4v) is 4.42. The van der Waals surface area contributed by atoms with Crippen molar-refractivity contribution < 1.29 is 17.9 Å². The van der Waals surface area contributed by atoms with Crippen molar-refractivity contribution in [3.63, 3.8) is 0 Å². The van der Waals surface area contributed by atoms with Gasteiger partial charge in [0.05, 0.1) is 29.8 Å². The fraction of sp³-hybridized carbons (Fsp3) is 0.294. The van der Waals surface area contributed by atoms with E-state index in [0.717, 1.165) is 0 Å². The van der Waals surface area contributed by atoms with Crippen molar-refractivity contribution in [2.45, 2.75) is 31.4 Å². The van der Waals surface area contributed by atoms with Crippen LogP contribution in [0.3, 0.4) is 0 Å². The molecule has 3 heterocycles. The number of aromatic nitrogens is 4. The highest BCUT2D eigenvalue weighted by atomic mass is 32.2. The van der Waals surface area contributed by atoms with Crippen molar-refractivity contribution in [1.29, 1.82) is 0 Å². The summed E-state index contributed by atoms with van der Waals surface area (Å²) in [6.45, 7) is 4.13. The highest BCUT2D eigenvalue weighted by molar-refractivity contribution is 7.92. The minimum Gasteiger partial charge on any atom is -0.486 e. The normalized spacial score (nSPS) is 16.3. The van der Waals surface area contributed by atoms with Crippen LogP contribution >= 0.6 is 0 Å². The molecule has 1 aliphatic heterocycles.